The second-order valence-corrected chi connectivity index (χ2v) is 6.84. The molecule has 23 heavy (non-hydrogen) atoms. The van der Waals surface area contributed by atoms with E-state index in [0.29, 0.717) is 11.0 Å². The molecule has 0 bridgehead atoms. The SMILES string of the molecule is CCn1cc(C2CCN([C@H](C)C(=O)Nc3nccs3)CC2)cn1. The Balaban J connectivity index is 1.52. The predicted octanol–water partition coefficient (Wildman–Crippen LogP) is 2.57. The van der Waals surface area contributed by atoms with Gasteiger partial charge in [-0.2, -0.15) is 5.10 Å². The summed E-state index contributed by atoms with van der Waals surface area (Å²) in [6.07, 6.45) is 7.99. The third-order valence-corrected chi connectivity index (χ3v) is 5.26. The average Bonchev–Trinajstić information content (AvgIpc) is 3.25. The Kier molecular flexibility index (Phi) is 5.07. The molecule has 3 rings (SSSR count). The number of piperidine rings is 1. The second-order valence-electron chi connectivity index (χ2n) is 5.94. The molecular formula is C16H23N5OS. The summed E-state index contributed by atoms with van der Waals surface area (Å²) in [6.45, 7) is 6.86. The molecule has 1 amide bonds. The lowest BCUT2D eigenvalue weighted by Gasteiger charge is -2.34. The molecule has 1 aliphatic rings. The van der Waals surface area contributed by atoms with E-state index in [2.05, 4.69) is 33.4 Å². The van der Waals surface area contributed by atoms with E-state index in [1.165, 1.54) is 16.9 Å². The highest BCUT2D eigenvalue weighted by Crippen LogP contribution is 2.28. The lowest BCUT2D eigenvalue weighted by molar-refractivity contribution is -0.121. The Labute approximate surface area is 140 Å². The van der Waals surface area contributed by atoms with E-state index in [4.69, 9.17) is 0 Å². The van der Waals surface area contributed by atoms with E-state index in [0.717, 1.165) is 32.5 Å². The van der Waals surface area contributed by atoms with Gasteiger partial charge in [-0.25, -0.2) is 4.98 Å². The van der Waals surface area contributed by atoms with Crippen LogP contribution in [0.1, 0.15) is 38.2 Å². The third kappa shape index (κ3) is 3.79. The minimum atomic E-state index is -0.127. The summed E-state index contributed by atoms with van der Waals surface area (Å²) in [5, 5.41) is 9.79. The fraction of sp³-hybridized carbons (Fsp3) is 0.562. The van der Waals surface area contributed by atoms with Crippen molar-refractivity contribution in [1.29, 1.82) is 0 Å². The lowest BCUT2D eigenvalue weighted by Crippen LogP contribution is -2.45. The standard InChI is InChI=1S/C16H23N5OS/c1-3-21-11-14(10-18-21)13-4-7-20(8-5-13)12(2)15(22)19-16-17-6-9-23-16/h6,9-13H,3-5,7-8H2,1-2H3,(H,17,19,22)/t12-/m1/s1. The van der Waals surface area contributed by atoms with Crippen molar-refractivity contribution in [3.05, 3.63) is 29.5 Å². The molecule has 0 spiro atoms. The summed E-state index contributed by atoms with van der Waals surface area (Å²) in [6, 6.07) is -0.127. The molecule has 0 unspecified atom stereocenters. The Morgan fingerprint density at radius 2 is 2.26 bits per heavy atom. The van der Waals surface area contributed by atoms with Crippen LogP contribution in [0.3, 0.4) is 0 Å². The van der Waals surface area contributed by atoms with Gasteiger partial charge in [-0.1, -0.05) is 0 Å². The summed E-state index contributed by atoms with van der Waals surface area (Å²) in [7, 11) is 0. The van der Waals surface area contributed by atoms with Gasteiger partial charge >= 0.3 is 0 Å². The fourth-order valence-electron chi connectivity index (χ4n) is 3.04. The highest BCUT2D eigenvalue weighted by Gasteiger charge is 2.28. The maximum Gasteiger partial charge on any atom is 0.243 e. The number of thiazole rings is 1. The zero-order chi connectivity index (χ0) is 16.2. The van der Waals surface area contributed by atoms with Crippen LogP contribution in [-0.4, -0.2) is 44.7 Å². The molecule has 1 N–H and O–H groups in total. The summed E-state index contributed by atoms with van der Waals surface area (Å²) in [4.78, 5) is 18.7. The van der Waals surface area contributed by atoms with E-state index < -0.39 is 0 Å². The normalized spacial score (nSPS) is 18.0. The molecule has 3 heterocycles. The quantitative estimate of drug-likeness (QED) is 0.913. The number of likely N-dealkylation sites (tertiary alicyclic amines) is 1. The van der Waals surface area contributed by atoms with Crippen molar-refractivity contribution < 1.29 is 4.79 Å². The number of nitrogens with zero attached hydrogens (tertiary/aromatic N) is 4. The largest absolute Gasteiger partial charge is 0.301 e. The topological polar surface area (TPSA) is 63.1 Å². The predicted molar refractivity (Wildman–Crippen MR) is 91.7 cm³/mol. The van der Waals surface area contributed by atoms with Gasteiger partial charge in [0, 0.05) is 24.3 Å². The minimum absolute atomic E-state index is 0.0252. The first kappa shape index (κ1) is 16.1. The molecular weight excluding hydrogens is 310 g/mol. The molecule has 1 saturated heterocycles. The summed E-state index contributed by atoms with van der Waals surface area (Å²) in [5.41, 5.74) is 1.33. The minimum Gasteiger partial charge on any atom is -0.301 e. The number of rotatable bonds is 5. The molecule has 1 atom stereocenters. The number of amides is 1. The summed E-state index contributed by atoms with van der Waals surface area (Å²) >= 11 is 1.45. The van der Waals surface area contributed by atoms with Crippen LogP contribution < -0.4 is 5.32 Å². The number of aromatic nitrogens is 3. The average molecular weight is 333 g/mol. The first-order valence-corrected chi connectivity index (χ1v) is 9.02. The number of carbonyl (C=O) groups is 1. The molecule has 124 valence electrons. The summed E-state index contributed by atoms with van der Waals surface area (Å²) < 4.78 is 1.98. The molecule has 7 heteroatoms. The van der Waals surface area contributed by atoms with E-state index in [1.54, 1.807) is 6.20 Å². The van der Waals surface area contributed by atoms with Crippen molar-refractivity contribution >= 4 is 22.4 Å². The molecule has 2 aromatic heterocycles. The van der Waals surface area contributed by atoms with Crippen molar-refractivity contribution in [2.24, 2.45) is 0 Å². The van der Waals surface area contributed by atoms with Crippen molar-refractivity contribution in [2.45, 2.75) is 45.2 Å². The lowest BCUT2D eigenvalue weighted by atomic mass is 9.91. The number of hydrogen-bond donors (Lipinski definition) is 1. The van der Waals surface area contributed by atoms with Crippen LogP contribution in [-0.2, 0) is 11.3 Å². The van der Waals surface area contributed by atoms with Gasteiger partial charge in [-0.05, 0) is 51.3 Å². The molecule has 1 aliphatic heterocycles. The van der Waals surface area contributed by atoms with Gasteiger partial charge in [0.1, 0.15) is 0 Å². The molecule has 0 aromatic carbocycles. The van der Waals surface area contributed by atoms with Gasteiger partial charge in [0.25, 0.3) is 0 Å². The number of aryl methyl sites for hydroxylation is 1. The number of nitrogens with one attached hydrogen (secondary N) is 1. The molecule has 6 nitrogen and oxygen atoms in total. The summed E-state index contributed by atoms with van der Waals surface area (Å²) in [5.74, 6) is 0.581. The van der Waals surface area contributed by atoms with Crippen LogP contribution in [0.4, 0.5) is 5.13 Å². The Bertz CT molecular complexity index is 631. The fourth-order valence-corrected chi connectivity index (χ4v) is 3.58. The van der Waals surface area contributed by atoms with Gasteiger partial charge in [0.15, 0.2) is 5.13 Å². The van der Waals surface area contributed by atoms with Crippen LogP contribution in [0.5, 0.6) is 0 Å². The van der Waals surface area contributed by atoms with Crippen molar-refractivity contribution in [3.8, 4) is 0 Å². The number of anilines is 1. The second kappa shape index (κ2) is 7.23. The maximum atomic E-state index is 12.3. The highest BCUT2D eigenvalue weighted by atomic mass is 32.1. The van der Waals surface area contributed by atoms with Gasteiger partial charge in [0.2, 0.25) is 5.91 Å². The Morgan fingerprint density at radius 1 is 1.48 bits per heavy atom. The highest BCUT2D eigenvalue weighted by molar-refractivity contribution is 7.13. The van der Waals surface area contributed by atoms with Crippen molar-refractivity contribution in [3.63, 3.8) is 0 Å². The smallest absolute Gasteiger partial charge is 0.243 e. The molecule has 2 aromatic rings. The first-order valence-electron chi connectivity index (χ1n) is 8.14. The zero-order valence-corrected chi connectivity index (χ0v) is 14.4. The van der Waals surface area contributed by atoms with Crippen LogP contribution in [0.2, 0.25) is 0 Å². The van der Waals surface area contributed by atoms with Gasteiger partial charge < -0.3 is 5.32 Å². The number of hydrogen-bond acceptors (Lipinski definition) is 5. The van der Waals surface area contributed by atoms with E-state index in [1.807, 2.05) is 23.2 Å². The number of carbonyl (C=O) groups excluding carboxylic acids is 1. The van der Waals surface area contributed by atoms with Gasteiger partial charge in [-0.3, -0.25) is 14.4 Å². The van der Waals surface area contributed by atoms with E-state index in [-0.39, 0.29) is 11.9 Å². The molecule has 1 fully saturated rings. The Morgan fingerprint density at radius 3 is 2.87 bits per heavy atom. The van der Waals surface area contributed by atoms with Crippen LogP contribution in [0.25, 0.3) is 0 Å². The van der Waals surface area contributed by atoms with Crippen molar-refractivity contribution in [2.75, 3.05) is 18.4 Å². The van der Waals surface area contributed by atoms with Gasteiger partial charge in [-0.15, -0.1) is 11.3 Å². The molecule has 0 aliphatic carbocycles. The monoisotopic (exact) mass is 333 g/mol. The third-order valence-electron chi connectivity index (χ3n) is 4.57. The zero-order valence-electron chi connectivity index (χ0n) is 13.6. The first-order chi connectivity index (χ1) is 11.2. The molecule has 0 radical (unpaired) electrons. The van der Waals surface area contributed by atoms with E-state index in [9.17, 15) is 4.79 Å². The maximum absolute atomic E-state index is 12.3. The van der Waals surface area contributed by atoms with E-state index >= 15 is 0 Å². The molecule has 0 saturated carbocycles. The van der Waals surface area contributed by atoms with Gasteiger partial charge in [0.05, 0.1) is 12.2 Å². The van der Waals surface area contributed by atoms with Crippen LogP contribution in [0, 0.1) is 0 Å². The Hall–Kier alpha value is -1.73. The van der Waals surface area contributed by atoms with Crippen LogP contribution >= 0.6 is 11.3 Å². The van der Waals surface area contributed by atoms with Crippen LogP contribution in [0.15, 0.2) is 24.0 Å². The van der Waals surface area contributed by atoms with Crippen molar-refractivity contribution in [1.82, 2.24) is 19.7 Å².